The molecule has 1 fully saturated rings. The Hall–Kier alpha value is -3.28. The first kappa shape index (κ1) is 19.1. The summed E-state index contributed by atoms with van der Waals surface area (Å²) in [5.41, 5.74) is 3.11. The number of benzene rings is 2. The highest BCUT2D eigenvalue weighted by Crippen LogP contribution is 2.22. The second-order valence-electron chi connectivity index (χ2n) is 7.26. The van der Waals surface area contributed by atoms with Gasteiger partial charge in [-0.1, -0.05) is 42.5 Å². The van der Waals surface area contributed by atoms with Gasteiger partial charge >= 0.3 is 0 Å². The van der Waals surface area contributed by atoms with Crippen LogP contribution in [0.5, 0.6) is 5.75 Å². The number of nitrogens with one attached hydrogen (secondary N) is 1. The first-order valence-electron chi connectivity index (χ1n) is 9.99. The molecule has 0 atom stereocenters. The molecule has 1 aliphatic rings. The largest absolute Gasteiger partial charge is 0.497 e. The van der Waals surface area contributed by atoms with Crippen LogP contribution in [-0.4, -0.2) is 54.3 Å². The van der Waals surface area contributed by atoms with E-state index in [1.54, 1.807) is 7.11 Å². The lowest BCUT2D eigenvalue weighted by Gasteiger charge is -2.22. The van der Waals surface area contributed by atoms with Crippen molar-refractivity contribution in [3.63, 3.8) is 0 Å². The fourth-order valence-corrected chi connectivity index (χ4v) is 3.70. The van der Waals surface area contributed by atoms with Crippen molar-refractivity contribution in [1.82, 2.24) is 15.1 Å². The molecular weight excluding hydrogens is 364 g/mol. The lowest BCUT2D eigenvalue weighted by molar-refractivity contribution is -0.130. The summed E-state index contributed by atoms with van der Waals surface area (Å²) < 4.78 is 5.26. The fraction of sp³-hybridized carbons (Fsp3) is 0.304. The number of H-pyrrole nitrogens is 1. The van der Waals surface area contributed by atoms with Crippen LogP contribution in [0.1, 0.15) is 12.0 Å². The highest BCUT2D eigenvalue weighted by atomic mass is 16.5. The number of nitrogens with zero attached hydrogens (tertiary/aromatic N) is 3. The molecule has 2 heterocycles. The minimum absolute atomic E-state index is 0.159. The van der Waals surface area contributed by atoms with Crippen molar-refractivity contribution in [2.24, 2.45) is 0 Å². The van der Waals surface area contributed by atoms with Crippen LogP contribution in [0.15, 0.2) is 60.7 Å². The van der Waals surface area contributed by atoms with Gasteiger partial charge in [0.15, 0.2) is 5.82 Å². The number of methoxy groups -OCH3 is 1. The van der Waals surface area contributed by atoms with E-state index in [-0.39, 0.29) is 5.91 Å². The zero-order valence-corrected chi connectivity index (χ0v) is 16.7. The number of hydrogen-bond donors (Lipinski definition) is 1. The van der Waals surface area contributed by atoms with Gasteiger partial charge < -0.3 is 14.5 Å². The fourth-order valence-electron chi connectivity index (χ4n) is 3.70. The van der Waals surface area contributed by atoms with E-state index < -0.39 is 0 Å². The molecule has 0 aliphatic carbocycles. The summed E-state index contributed by atoms with van der Waals surface area (Å²) in [4.78, 5) is 17.0. The second-order valence-corrected chi connectivity index (χ2v) is 7.26. The summed E-state index contributed by atoms with van der Waals surface area (Å²) in [6.07, 6.45) is 1.33. The standard InChI is InChI=1S/C23H26N4O2/c1-29-20-10-5-7-18(15-20)16-23(28)27-12-6-11-26(13-14-27)22-17-21(24-25-22)19-8-3-2-4-9-19/h2-5,7-10,15,17H,6,11-14,16H2,1H3,(H,24,25). The Labute approximate surface area is 171 Å². The van der Waals surface area contributed by atoms with Gasteiger partial charge in [-0.25, -0.2) is 0 Å². The van der Waals surface area contributed by atoms with Crippen LogP contribution < -0.4 is 9.64 Å². The maximum Gasteiger partial charge on any atom is 0.227 e. The van der Waals surface area contributed by atoms with Crippen molar-refractivity contribution in [2.75, 3.05) is 38.2 Å². The lowest BCUT2D eigenvalue weighted by Crippen LogP contribution is -2.36. The van der Waals surface area contributed by atoms with Gasteiger partial charge in [0.1, 0.15) is 5.75 Å². The molecule has 0 unspecified atom stereocenters. The van der Waals surface area contributed by atoms with Crippen molar-refractivity contribution < 1.29 is 9.53 Å². The topological polar surface area (TPSA) is 61.5 Å². The molecule has 1 N–H and O–H groups in total. The molecule has 150 valence electrons. The Bertz CT molecular complexity index is 954. The normalized spacial score (nSPS) is 14.5. The van der Waals surface area contributed by atoms with Crippen LogP contribution in [0.2, 0.25) is 0 Å². The summed E-state index contributed by atoms with van der Waals surface area (Å²) in [5, 5.41) is 7.63. The van der Waals surface area contributed by atoms with Gasteiger partial charge in [0.05, 0.1) is 19.2 Å². The molecule has 1 aromatic heterocycles. The maximum absolute atomic E-state index is 12.8. The first-order valence-corrected chi connectivity index (χ1v) is 9.99. The number of carbonyl (C=O) groups excluding carboxylic acids is 1. The molecule has 3 aromatic rings. The third-order valence-corrected chi connectivity index (χ3v) is 5.31. The average Bonchev–Trinajstić information content (AvgIpc) is 3.12. The summed E-state index contributed by atoms with van der Waals surface area (Å²) >= 11 is 0. The highest BCUT2D eigenvalue weighted by Gasteiger charge is 2.21. The molecule has 1 saturated heterocycles. The van der Waals surface area contributed by atoms with Crippen molar-refractivity contribution in [1.29, 1.82) is 0 Å². The minimum Gasteiger partial charge on any atom is -0.497 e. The van der Waals surface area contributed by atoms with Gasteiger partial charge in [0.2, 0.25) is 5.91 Å². The molecule has 0 spiro atoms. The summed E-state index contributed by atoms with van der Waals surface area (Å²) in [5.74, 6) is 1.88. The second kappa shape index (κ2) is 8.82. The Morgan fingerprint density at radius 2 is 1.90 bits per heavy atom. The van der Waals surface area contributed by atoms with Crippen molar-refractivity contribution >= 4 is 11.7 Å². The molecule has 6 nitrogen and oxygen atoms in total. The van der Waals surface area contributed by atoms with Gasteiger partial charge in [-0.15, -0.1) is 0 Å². The number of anilines is 1. The first-order chi connectivity index (χ1) is 14.2. The number of carbonyl (C=O) groups is 1. The lowest BCUT2D eigenvalue weighted by atomic mass is 10.1. The average molecular weight is 390 g/mol. The van der Waals surface area contributed by atoms with Crippen LogP contribution in [0.3, 0.4) is 0 Å². The molecule has 4 rings (SSSR count). The molecule has 2 aromatic carbocycles. The molecule has 1 amide bonds. The van der Waals surface area contributed by atoms with E-state index in [9.17, 15) is 4.79 Å². The van der Waals surface area contributed by atoms with Crippen LogP contribution in [-0.2, 0) is 11.2 Å². The molecule has 0 bridgehead atoms. The predicted octanol–water partition coefficient (Wildman–Crippen LogP) is 3.37. The monoisotopic (exact) mass is 390 g/mol. The van der Waals surface area contributed by atoms with Gasteiger partial charge in [0.25, 0.3) is 0 Å². The van der Waals surface area contributed by atoms with Crippen LogP contribution in [0.4, 0.5) is 5.82 Å². The van der Waals surface area contributed by atoms with Crippen molar-refractivity contribution in [3.05, 3.63) is 66.2 Å². The summed E-state index contributed by atoms with van der Waals surface area (Å²) in [6, 6.07) is 20.0. The molecular formula is C23H26N4O2. The number of ether oxygens (including phenoxy) is 1. The van der Waals surface area contributed by atoms with E-state index in [4.69, 9.17) is 4.74 Å². The van der Waals surface area contributed by atoms with E-state index in [0.29, 0.717) is 13.0 Å². The Kier molecular flexibility index (Phi) is 5.79. The molecule has 1 aliphatic heterocycles. The molecule has 0 saturated carbocycles. The van der Waals surface area contributed by atoms with E-state index >= 15 is 0 Å². The zero-order valence-electron chi connectivity index (χ0n) is 16.7. The number of rotatable bonds is 5. The summed E-state index contributed by atoms with van der Waals surface area (Å²) in [7, 11) is 1.64. The molecule has 6 heteroatoms. The molecule has 0 radical (unpaired) electrons. The van der Waals surface area contributed by atoms with Gasteiger partial charge in [0, 0.05) is 32.2 Å². The minimum atomic E-state index is 0.159. The van der Waals surface area contributed by atoms with Gasteiger partial charge in [-0.2, -0.15) is 5.10 Å². The number of amides is 1. The number of hydrogen-bond acceptors (Lipinski definition) is 4. The van der Waals surface area contributed by atoms with Crippen molar-refractivity contribution in [2.45, 2.75) is 12.8 Å². The SMILES string of the molecule is COc1cccc(CC(=O)N2CCCN(c3cc(-c4ccccc4)[nH]n3)CC2)c1. The van der Waals surface area contributed by atoms with Crippen LogP contribution in [0.25, 0.3) is 11.3 Å². The predicted molar refractivity (Wildman–Crippen MR) is 114 cm³/mol. The third kappa shape index (κ3) is 4.59. The highest BCUT2D eigenvalue weighted by molar-refractivity contribution is 5.79. The van der Waals surface area contributed by atoms with Gasteiger partial charge in [-0.3, -0.25) is 9.89 Å². The smallest absolute Gasteiger partial charge is 0.227 e. The maximum atomic E-state index is 12.8. The zero-order chi connectivity index (χ0) is 20.1. The third-order valence-electron chi connectivity index (χ3n) is 5.31. The Balaban J connectivity index is 1.38. The van der Waals surface area contributed by atoms with Gasteiger partial charge in [-0.05, 0) is 29.7 Å². The van der Waals surface area contributed by atoms with Crippen LogP contribution in [0, 0.1) is 0 Å². The van der Waals surface area contributed by atoms with E-state index in [2.05, 4.69) is 33.3 Å². The van der Waals surface area contributed by atoms with Crippen LogP contribution >= 0.6 is 0 Å². The quantitative estimate of drug-likeness (QED) is 0.726. The van der Waals surface area contributed by atoms with Crippen molar-refractivity contribution in [3.8, 4) is 17.0 Å². The number of aromatic nitrogens is 2. The van der Waals surface area contributed by atoms with E-state index in [1.165, 1.54) is 0 Å². The Morgan fingerprint density at radius 1 is 1.03 bits per heavy atom. The van der Waals surface area contributed by atoms with E-state index in [1.807, 2.05) is 47.4 Å². The molecule has 29 heavy (non-hydrogen) atoms. The Morgan fingerprint density at radius 3 is 2.72 bits per heavy atom. The van der Waals surface area contributed by atoms with E-state index in [0.717, 1.165) is 54.4 Å². The summed E-state index contributed by atoms with van der Waals surface area (Å²) in [6.45, 7) is 3.15. The number of aromatic amines is 1.